The Morgan fingerprint density at radius 3 is 2.72 bits per heavy atom. The number of aromatic nitrogens is 6. The van der Waals surface area contributed by atoms with Gasteiger partial charge in [-0.3, -0.25) is 0 Å². The predicted octanol–water partition coefficient (Wildman–Crippen LogP) is 2.01. The number of fused-ring (bicyclic) bond motifs is 1. The third-order valence-corrected chi connectivity index (χ3v) is 5.97. The molecule has 0 spiro atoms. The Labute approximate surface area is 183 Å². The summed E-state index contributed by atoms with van der Waals surface area (Å²) < 4.78 is 2.68. The van der Waals surface area contributed by atoms with Gasteiger partial charge in [0.05, 0.1) is 11.7 Å². The number of carboxylic acid groups (broad SMARTS) is 1. The number of pyridine rings is 1. The summed E-state index contributed by atoms with van der Waals surface area (Å²) in [6.07, 6.45) is 2.49. The van der Waals surface area contributed by atoms with Crippen molar-refractivity contribution in [3.8, 4) is 11.4 Å². The molecule has 4 N–H and O–H groups in total. The van der Waals surface area contributed by atoms with Crippen LogP contribution in [-0.4, -0.2) is 41.3 Å². The highest BCUT2D eigenvalue weighted by Crippen LogP contribution is 2.39. The Morgan fingerprint density at radius 1 is 1.22 bits per heavy atom. The zero-order valence-corrected chi connectivity index (χ0v) is 17.4. The van der Waals surface area contributed by atoms with Crippen molar-refractivity contribution < 1.29 is 19.6 Å². The fraction of sp³-hybridized carbons (Fsp3) is 0.273. The van der Waals surface area contributed by atoms with Gasteiger partial charge in [0.25, 0.3) is 0 Å². The second-order valence-electron chi connectivity index (χ2n) is 8.11. The van der Waals surface area contributed by atoms with E-state index in [1.807, 2.05) is 25.1 Å². The average molecular weight is 432 g/mol. The van der Waals surface area contributed by atoms with Crippen LogP contribution in [0.3, 0.4) is 0 Å². The molecule has 0 radical (unpaired) electrons. The second-order valence-corrected chi connectivity index (χ2v) is 8.11. The molecule has 1 saturated carbocycles. The van der Waals surface area contributed by atoms with Crippen molar-refractivity contribution in [2.45, 2.75) is 38.3 Å². The monoisotopic (exact) mass is 432 g/mol. The molecule has 0 saturated heterocycles. The first-order valence-electron chi connectivity index (χ1n) is 10.3. The van der Waals surface area contributed by atoms with E-state index in [9.17, 15) is 15.0 Å². The minimum absolute atomic E-state index is 0.140. The molecule has 1 aliphatic carbocycles. The summed E-state index contributed by atoms with van der Waals surface area (Å²) in [5, 5.41) is 29.8. The summed E-state index contributed by atoms with van der Waals surface area (Å²) in [5.41, 5.74) is 8.43. The van der Waals surface area contributed by atoms with Gasteiger partial charge in [-0.1, -0.05) is 28.0 Å². The maximum Gasteiger partial charge on any atom is 0.600 e. The Bertz CT molecular complexity index is 1360. The number of hydrogen-bond acceptors (Lipinski definition) is 7. The molecule has 0 atom stereocenters. The van der Waals surface area contributed by atoms with E-state index >= 15 is 0 Å². The number of para-hydroxylation sites is 1. The van der Waals surface area contributed by atoms with Gasteiger partial charge in [0.15, 0.2) is 0 Å². The van der Waals surface area contributed by atoms with Crippen molar-refractivity contribution >= 4 is 22.9 Å². The first-order chi connectivity index (χ1) is 15.4. The maximum atomic E-state index is 12.0. The smallest absolute Gasteiger partial charge is 0.427 e. The highest BCUT2D eigenvalue weighted by Gasteiger charge is 2.45. The maximum absolute atomic E-state index is 12.0. The summed E-state index contributed by atoms with van der Waals surface area (Å²) in [4.78, 5) is 20.7. The highest BCUT2D eigenvalue weighted by atomic mass is 16.4. The van der Waals surface area contributed by atoms with Gasteiger partial charge in [-0.05, 0) is 37.8 Å². The molecule has 0 aliphatic heterocycles. The minimum atomic E-state index is -1.15. The van der Waals surface area contributed by atoms with E-state index < -0.39 is 11.7 Å². The summed E-state index contributed by atoms with van der Waals surface area (Å²) in [7, 11) is 0. The molecule has 1 aliphatic rings. The SMILES string of the molecule is Cc1cccc2c(-c3cn(Cc4cccc(C5(O)CCC5)[n+]4C(=O)O)nn3)nc(N)nc12. The van der Waals surface area contributed by atoms with Crippen molar-refractivity contribution in [1.29, 1.82) is 0 Å². The summed E-state index contributed by atoms with van der Waals surface area (Å²) >= 11 is 0. The van der Waals surface area contributed by atoms with Gasteiger partial charge in [-0.2, -0.15) is 4.79 Å². The van der Waals surface area contributed by atoms with Gasteiger partial charge in [0.2, 0.25) is 17.3 Å². The summed E-state index contributed by atoms with van der Waals surface area (Å²) in [6, 6.07) is 10.9. The molecule has 0 bridgehead atoms. The minimum Gasteiger partial charge on any atom is -0.427 e. The van der Waals surface area contributed by atoms with Gasteiger partial charge in [-0.25, -0.2) is 14.6 Å². The van der Waals surface area contributed by atoms with Crippen molar-refractivity contribution in [2.24, 2.45) is 0 Å². The fourth-order valence-electron chi connectivity index (χ4n) is 4.19. The molecule has 3 aromatic heterocycles. The molecule has 10 heteroatoms. The zero-order chi connectivity index (χ0) is 22.5. The fourth-order valence-corrected chi connectivity index (χ4v) is 4.19. The summed E-state index contributed by atoms with van der Waals surface area (Å²) in [6.45, 7) is 2.10. The van der Waals surface area contributed by atoms with E-state index in [1.165, 1.54) is 0 Å². The molecule has 162 valence electrons. The molecule has 0 amide bonds. The predicted molar refractivity (Wildman–Crippen MR) is 115 cm³/mol. The average Bonchev–Trinajstić information content (AvgIpc) is 3.20. The molecule has 4 aromatic rings. The van der Waals surface area contributed by atoms with E-state index in [0.717, 1.165) is 27.5 Å². The van der Waals surface area contributed by atoms with Crippen LogP contribution in [0.5, 0.6) is 0 Å². The van der Waals surface area contributed by atoms with Crippen LogP contribution in [0.1, 0.15) is 36.2 Å². The van der Waals surface area contributed by atoms with E-state index in [1.54, 1.807) is 29.1 Å². The summed E-state index contributed by atoms with van der Waals surface area (Å²) in [5.74, 6) is 0.140. The van der Waals surface area contributed by atoms with Crippen LogP contribution >= 0.6 is 0 Å². The number of nitrogens with zero attached hydrogens (tertiary/aromatic N) is 6. The lowest BCUT2D eigenvalue weighted by molar-refractivity contribution is -0.612. The van der Waals surface area contributed by atoms with Crippen molar-refractivity contribution in [2.75, 3.05) is 5.73 Å². The van der Waals surface area contributed by atoms with Crippen molar-refractivity contribution in [3.63, 3.8) is 0 Å². The normalized spacial score (nSPS) is 14.9. The number of nitrogen functional groups attached to an aromatic ring is 1. The van der Waals surface area contributed by atoms with E-state index in [0.29, 0.717) is 35.6 Å². The van der Waals surface area contributed by atoms with Crippen molar-refractivity contribution in [1.82, 2.24) is 25.0 Å². The van der Waals surface area contributed by atoms with Crippen LogP contribution in [0, 0.1) is 6.92 Å². The molecule has 0 unspecified atom stereocenters. The van der Waals surface area contributed by atoms with Gasteiger partial charge in [0, 0.05) is 17.5 Å². The van der Waals surface area contributed by atoms with E-state index in [-0.39, 0.29) is 12.5 Å². The van der Waals surface area contributed by atoms with Gasteiger partial charge in [0.1, 0.15) is 23.5 Å². The largest absolute Gasteiger partial charge is 0.600 e. The third kappa shape index (κ3) is 3.25. The van der Waals surface area contributed by atoms with E-state index in [2.05, 4.69) is 20.3 Å². The lowest BCUT2D eigenvalue weighted by Crippen LogP contribution is -2.55. The molecule has 32 heavy (non-hydrogen) atoms. The quantitative estimate of drug-likeness (QED) is 0.416. The Hall–Kier alpha value is -3.92. The molecule has 5 rings (SSSR count). The van der Waals surface area contributed by atoms with Gasteiger partial charge < -0.3 is 15.9 Å². The van der Waals surface area contributed by atoms with Gasteiger partial charge in [-0.15, -0.1) is 5.10 Å². The molecular weight excluding hydrogens is 410 g/mol. The van der Waals surface area contributed by atoms with Gasteiger partial charge >= 0.3 is 6.09 Å². The van der Waals surface area contributed by atoms with Crippen LogP contribution in [-0.2, 0) is 12.1 Å². The number of aliphatic hydroxyl groups is 1. The number of hydrogen-bond donors (Lipinski definition) is 3. The first-order valence-corrected chi connectivity index (χ1v) is 10.3. The molecule has 1 aromatic carbocycles. The van der Waals surface area contributed by atoms with E-state index in [4.69, 9.17) is 5.73 Å². The Morgan fingerprint density at radius 2 is 2.00 bits per heavy atom. The molecule has 1 fully saturated rings. The zero-order valence-electron chi connectivity index (χ0n) is 17.4. The first kappa shape index (κ1) is 20.0. The topological polar surface area (TPSA) is 144 Å². The number of nitrogens with two attached hydrogens (primary N) is 1. The number of carbonyl (C=O) groups is 1. The molecule has 10 nitrogen and oxygen atoms in total. The number of rotatable bonds is 4. The Kier molecular flexibility index (Phi) is 4.59. The van der Waals surface area contributed by atoms with Crippen LogP contribution < -0.4 is 10.3 Å². The van der Waals surface area contributed by atoms with Crippen LogP contribution in [0.4, 0.5) is 10.7 Å². The molecule has 3 heterocycles. The lowest BCUT2D eigenvalue weighted by Gasteiger charge is -2.33. The van der Waals surface area contributed by atoms with Crippen molar-refractivity contribution in [3.05, 3.63) is 59.5 Å². The van der Waals surface area contributed by atoms with Crippen LogP contribution in [0.2, 0.25) is 0 Å². The van der Waals surface area contributed by atoms with Crippen LogP contribution in [0.25, 0.3) is 22.3 Å². The number of benzene rings is 1. The third-order valence-electron chi connectivity index (χ3n) is 5.97. The lowest BCUT2D eigenvalue weighted by atomic mass is 9.77. The standard InChI is InChI=1S/C22H21N7O3/c1-13-5-2-7-15-18(13)24-20(23)25-19(15)16-12-28(27-26-16)11-14-6-3-8-17(29(14)21(30)31)22(32)9-4-10-22/h2-3,5-8,12,32H,4,9-11H2,1H3,(H2-,23,24,25,30,31)/p+1. The molecular formula is C22H22N7O3+. The highest BCUT2D eigenvalue weighted by molar-refractivity contribution is 5.93. The number of aryl methyl sites for hydroxylation is 1. The van der Waals surface area contributed by atoms with Crippen LogP contribution in [0.15, 0.2) is 42.6 Å². The Balaban J connectivity index is 1.54. The number of anilines is 1. The second kappa shape index (κ2) is 7.34.